The van der Waals surface area contributed by atoms with Crippen molar-refractivity contribution in [1.29, 1.82) is 0 Å². The molecule has 2 aromatic carbocycles. The highest BCUT2D eigenvalue weighted by Crippen LogP contribution is 2.15. The highest BCUT2D eigenvalue weighted by Gasteiger charge is 2.14. The van der Waals surface area contributed by atoms with Gasteiger partial charge < -0.3 is 4.74 Å². The Kier molecular flexibility index (Phi) is 3.64. The number of hydrogen-bond donors (Lipinski definition) is 1. The lowest BCUT2D eigenvalue weighted by molar-refractivity contribution is 0.0734. The predicted octanol–water partition coefficient (Wildman–Crippen LogP) is 2.15. The first kappa shape index (κ1) is 13.3. The first-order chi connectivity index (χ1) is 8.97. The van der Waals surface area contributed by atoms with Crippen LogP contribution in [0.1, 0.15) is 10.4 Å². The van der Waals surface area contributed by atoms with Crippen molar-refractivity contribution >= 4 is 16.1 Å². The number of carbonyl (C=O) groups is 1. The Labute approximate surface area is 110 Å². The second-order valence-corrected chi connectivity index (χ2v) is 5.13. The Morgan fingerprint density at radius 3 is 2.32 bits per heavy atom. The van der Waals surface area contributed by atoms with E-state index >= 15 is 0 Å². The molecule has 0 unspecified atom stereocenters. The van der Waals surface area contributed by atoms with E-state index in [1.165, 1.54) is 18.2 Å². The van der Waals surface area contributed by atoms with E-state index in [0.29, 0.717) is 5.75 Å². The van der Waals surface area contributed by atoms with Gasteiger partial charge in [0.25, 0.3) is 10.1 Å². The van der Waals surface area contributed by atoms with Crippen molar-refractivity contribution in [2.45, 2.75) is 4.90 Å². The summed E-state index contributed by atoms with van der Waals surface area (Å²) in [6.07, 6.45) is 0. The van der Waals surface area contributed by atoms with Crippen molar-refractivity contribution in [3.63, 3.8) is 0 Å². The maximum atomic E-state index is 11.8. The van der Waals surface area contributed by atoms with Crippen LogP contribution in [0.5, 0.6) is 5.75 Å². The highest BCUT2D eigenvalue weighted by molar-refractivity contribution is 7.85. The van der Waals surface area contributed by atoms with Crippen LogP contribution >= 0.6 is 0 Å². The van der Waals surface area contributed by atoms with Crippen molar-refractivity contribution in [3.05, 3.63) is 60.2 Å². The highest BCUT2D eigenvalue weighted by atomic mass is 32.2. The van der Waals surface area contributed by atoms with Crippen molar-refractivity contribution in [1.82, 2.24) is 0 Å². The molecule has 0 radical (unpaired) electrons. The van der Waals surface area contributed by atoms with Gasteiger partial charge >= 0.3 is 5.97 Å². The molecular weight excluding hydrogens is 268 g/mol. The van der Waals surface area contributed by atoms with E-state index in [2.05, 4.69) is 0 Å². The minimum Gasteiger partial charge on any atom is -0.423 e. The van der Waals surface area contributed by atoms with Gasteiger partial charge in [-0.2, -0.15) is 8.42 Å². The van der Waals surface area contributed by atoms with Crippen LogP contribution in [0.2, 0.25) is 0 Å². The van der Waals surface area contributed by atoms with Crippen LogP contribution in [0.15, 0.2) is 59.5 Å². The third kappa shape index (κ3) is 3.40. The summed E-state index contributed by atoms with van der Waals surface area (Å²) in [6, 6.07) is 13.4. The molecule has 0 aliphatic heterocycles. The van der Waals surface area contributed by atoms with Gasteiger partial charge in [0.15, 0.2) is 0 Å². The first-order valence-corrected chi connectivity index (χ1v) is 6.75. The van der Waals surface area contributed by atoms with E-state index in [0.717, 1.165) is 6.07 Å². The topological polar surface area (TPSA) is 80.7 Å². The van der Waals surface area contributed by atoms with Gasteiger partial charge in [0.2, 0.25) is 0 Å². The zero-order chi connectivity index (χ0) is 13.9. The summed E-state index contributed by atoms with van der Waals surface area (Å²) in [5.74, 6) is -0.346. The average Bonchev–Trinajstić information content (AvgIpc) is 2.39. The molecule has 0 spiro atoms. The number of ether oxygens (including phenoxy) is 1. The van der Waals surface area contributed by atoms with Crippen LogP contribution in [0.25, 0.3) is 0 Å². The van der Waals surface area contributed by atoms with Crippen LogP contribution in [-0.2, 0) is 10.1 Å². The van der Waals surface area contributed by atoms with Crippen molar-refractivity contribution in [2.75, 3.05) is 0 Å². The first-order valence-electron chi connectivity index (χ1n) is 5.31. The summed E-state index contributed by atoms with van der Waals surface area (Å²) in [5, 5.41) is 0. The van der Waals surface area contributed by atoms with Gasteiger partial charge in [-0.1, -0.05) is 24.3 Å². The molecule has 0 heterocycles. The standard InChI is InChI=1S/C13H10O5S/c14-13(18-11-6-2-1-3-7-11)10-5-4-8-12(9-10)19(15,16)17/h1-9H,(H,15,16,17). The SMILES string of the molecule is O=C(Oc1ccccc1)c1cccc(S(=O)(=O)O)c1. The zero-order valence-corrected chi connectivity index (χ0v) is 10.5. The summed E-state index contributed by atoms with van der Waals surface area (Å²) >= 11 is 0. The Bertz CT molecular complexity index is 692. The van der Waals surface area contributed by atoms with Gasteiger partial charge in [-0.05, 0) is 30.3 Å². The fourth-order valence-corrected chi connectivity index (χ4v) is 1.96. The second-order valence-electron chi connectivity index (χ2n) is 3.71. The van der Waals surface area contributed by atoms with E-state index in [-0.39, 0.29) is 10.5 Å². The Morgan fingerprint density at radius 2 is 1.68 bits per heavy atom. The summed E-state index contributed by atoms with van der Waals surface area (Å²) < 4.78 is 35.9. The van der Waals surface area contributed by atoms with Gasteiger partial charge in [-0.3, -0.25) is 4.55 Å². The molecule has 0 saturated heterocycles. The molecule has 0 atom stereocenters. The van der Waals surface area contributed by atoms with E-state index in [1.54, 1.807) is 30.3 Å². The molecule has 6 heteroatoms. The van der Waals surface area contributed by atoms with Gasteiger partial charge in [0, 0.05) is 0 Å². The fraction of sp³-hybridized carbons (Fsp3) is 0. The van der Waals surface area contributed by atoms with Crippen LogP contribution in [-0.4, -0.2) is 18.9 Å². The minimum atomic E-state index is -4.34. The quantitative estimate of drug-likeness (QED) is 0.528. The molecule has 98 valence electrons. The Morgan fingerprint density at radius 1 is 1.00 bits per heavy atom. The average molecular weight is 278 g/mol. The molecule has 5 nitrogen and oxygen atoms in total. The number of esters is 1. The fourth-order valence-electron chi connectivity index (χ4n) is 1.44. The molecule has 19 heavy (non-hydrogen) atoms. The van der Waals surface area contributed by atoms with Crippen molar-refractivity contribution in [2.24, 2.45) is 0 Å². The van der Waals surface area contributed by atoms with Crippen LogP contribution in [0.4, 0.5) is 0 Å². The molecule has 1 N–H and O–H groups in total. The number of hydrogen-bond acceptors (Lipinski definition) is 4. The summed E-state index contributed by atoms with van der Waals surface area (Å²) in [4.78, 5) is 11.4. The zero-order valence-electron chi connectivity index (χ0n) is 9.68. The summed E-state index contributed by atoms with van der Waals surface area (Å²) in [5.41, 5.74) is 0.0407. The lowest BCUT2D eigenvalue weighted by Crippen LogP contribution is -2.09. The Balaban J connectivity index is 2.25. The number of rotatable bonds is 3. The molecule has 0 saturated carbocycles. The predicted molar refractivity (Wildman–Crippen MR) is 67.7 cm³/mol. The van der Waals surface area contributed by atoms with E-state index < -0.39 is 16.1 Å². The van der Waals surface area contributed by atoms with E-state index in [4.69, 9.17) is 9.29 Å². The molecule has 0 aliphatic carbocycles. The molecular formula is C13H10O5S. The molecule has 0 bridgehead atoms. The number of carbonyl (C=O) groups excluding carboxylic acids is 1. The van der Waals surface area contributed by atoms with Gasteiger partial charge in [-0.15, -0.1) is 0 Å². The van der Waals surface area contributed by atoms with Gasteiger partial charge in [-0.25, -0.2) is 4.79 Å². The molecule has 0 aromatic heterocycles. The maximum Gasteiger partial charge on any atom is 0.343 e. The maximum absolute atomic E-state index is 11.8. The minimum absolute atomic E-state index is 0.0407. The monoisotopic (exact) mass is 278 g/mol. The van der Waals surface area contributed by atoms with E-state index in [1.807, 2.05) is 0 Å². The number of para-hydroxylation sites is 1. The third-order valence-electron chi connectivity index (χ3n) is 2.32. The summed E-state index contributed by atoms with van der Waals surface area (Å²) in [7, 11) is -4.34. The smallest absolute Gasteiger partial charge is 0.343 e. The van der Waals surface area contributed by atoms with Crippen molar-refractivity contribution in [3.8, 4) is 5.75 Å². The van der Waals surface area contributed by atoms with Gasteiger partial charge in [0.05, 0.1) is 10.5 Å². The van der Waals surface area contributed by atoms with Crippen LogP contribution < -0.4 is 4.74 Å². The Hall–Kier alpha value is -2.18. The van der Waals surface area contributed by atoms with Crippen molar-refractivity contribution < 1.29 is 22.5 Å². The van der Waals surface area contributed by atoms with E-state index in [9.17, 15) is 13.2 Å². The lowest BCUT2D eigenvalue weighted by Gasteiger charge is -2.04. The molecule has 0 amide bonds. The largest absolute Gasteiger partial charge is 0.423 e. The molecule has 0 aliphatic rings. The molecule has 2 aromatic rings. The third-order valence-corrected chi connectivity index (χ3v) is 3.17. The van der Waals surface area contributed by atoms with Gasteiger partial charge in [0.1, 0.15) is 5.75 Å². The normalized spacial score (nSPS) is 11.0. The van der Waals surface area contributed by atoms with Crippen LogP contribution in [0.3, 0.4) is 0 Å². The second kappa shape index (κ2) is 5.21. The molecule has 0 fully saturated rings. The lowest BCUT2D eigenvalue weighted by atomic mass is 10.2. The molecule has 2 rings (SSSR count). The summed E-state index contributed by atoms with van der Waals surface area (Å²) in [6.45, 7) is 0. The van der Waals surface area contributed by atoms with Crippen LogP contribution in [0, 0.1) is 0 Å². The number of benzene rings is 2.